The van der Waals surface area contributed by atoms with Gasteiger partial charge in [-0.15, -0.1) is 6.58 Å². The van der Waals surface area contributed by atoms with Crippen LogP contribution in [0.4, 0.5) is 0 Å². The van der Waals surface area contributed by atoms with Gasteiger partial charge in [0.05, 0.1) is 0 Å². The molecule has 0 spiro atoms. The first-order chi connectivity index (χ1) is 13.2. The summed E-state index contributed by atoms with van der Waals surface area (Å²) in [5.41, 5.74) is 0. The molecule has 0 radical (unpaired) electrons. The molecule has 0 amide bonds. The van der Waals surface area contributed by atoms with E-state index in [-0.39, 0.29) is 0 Å². The molecule has 0 heterocycles. The number of unbranched alkanes of at least 4 members (excludes halogenated alkanes) is 5. The van der Waals surface area contributed by atoms with Crippen molar-refractivity contribution < 1.29 is 19.8 Å². The number of halogens is 7. The van der Waals surface area contributed by atoms with E-state index >= 15 is 0 Å². The van der Waals surface area contributed by atoms with Gasteiger partial charge in [-0.3, -0.25) is 9.59 Å². The second kappa shape index (κ2) is 33.1. The van der Waals surface area contributed by atoms with Crippen LogP contribution in [0, 0.1) is 0 Å². The predicted molar refractivity (Wildman–Crippen MR) is 137 cm³/mol. The summed E-state index contributed by atoms with van der Waals surface area (Å²) in [6.45, 7) is 3.58. The van der Waals surface area contributed by atoms with Gasteiger partial charge in [-0.05, 0) is 32.1 Å². The number of carboxylic acid groups (broad SMARTS) is 2. The Morgan fingerprint density at radius 1 is 0.893 bits per heavy atom. The Bertz CT molecular complexity index is 350. The van der Waals surface area contributed by atoms with Crippen LogP contribution in [0.2, 0.25) is 0 Å². The van der Waals surface area contributed by atoms with E-state index in [1.165, 1.54) is 0 Å². The van der Waals surface area contributed by atoms with Crippen molar-refractivity contribution in [2.24, 2.45) is 0 Å². The van der Waals surface area contributed by atoms with Crippen LogP contribution in [0.15, 0.2) is 12.7 Å². The summed E-state index contributed by atoms with van der Waals surface area (Å²) >= 11 is 26.8. The molecule has 2 N–H and O–H groups in total. The molecule has 0 aromatic heterocycles. The molecule has 0 fully saturated rings. The molecule has 0 aromatic rings. The number of rotatable bonds is 13. The first-order valence-electron chi connectivity index (χ1n) is 8.48. The highest BCUT2D eigenvalue weighted by atomic mass is 80.9. The predicted octanol–water partition coefficient (Wildman–Crippen LogP) is 9.06. The maximum Gasteiger partial charge on any atom is 0.303 e. The smallest absolute Gasteiger partial charge is 0.303 e. The number of carboxylic acids is 2. The van der Waals surface area contributed by atoms with Crippen LogP contribution in [0.5, 0.6) is 0 Å². The van der Waals surface area contributed by atoms with Crippen molar-refractivity contribution in [2.75, 3.05) is 5.33 Å². The molecule has 4 nitrogen and oxygen atoms in total. The molecule has 0 bridgehead atoms. The highest BCUT2D eigenvalue weighted by Crippen LogP contribution is 2.13. The fourth-order valence-corrected chi connectivity index (χ4v) is 2.29. The number of alkyl halides is 5. The highest BCUT2D eigenvalue weighted by Gasteiger charge is 2.01. The monoisotopic (exact) mass is 718 g/mol. The van der Waals surface area contributed by atoms with Gasteiger partial charge in [-0.2, -0.15) is 0 Å². The zero-order chi connectivity index (χ0) is 22.8. The molecule has 0 aliphatic heterocycles. The summed E-state index contributed by atoms with van der Waals surface area (Å²) < 4.78 is -0.750. The number of aliphatic carboxylic acids is 2. The zero-order valence-electron chi connectivity index (χ0n) is 15.6. The van der Waals surface area contributed by atoms with Gasteiger partial charge in [0.2, 0.25) is 0 Å². The number of carbonyl (C=O) groups is 2. The molecule has 0 aliphatic carbocycles. The molecule has 1 atom stereocenters. The Morgan fingerprint density at radius 3 is 1.61 bits per heavy atom. The number of hydrogen-bond donors (Lipinski definition) is 2. The Hall–Kier alpha value is 1.47. The minimum absolute atomic E-state index is 0.303. The molecule has 1 unspecified atom stereocenters. The van der Waals surface area contributed by atoms with Crippen molar-refractivity contribution in [2.45, 2.75) is 73.3 Å². The van der Waals surface area contributed by atoms with Crippen molar-refractivity contribution >= 4 is 107 Å². The normalized spacial score (nSPS) is 10.3. The van der Waals surface area contributed by atoms with Gasteiger partial charge in [0.1, 0.15) is 0 Å². The van der Waals surface area contributed by atoms with Crippen LogP contribution in [-0.4, -0.2) is 36.6 Å². The SMILES string of the molecule is BrBr.C=CCCCCCC(=O)O.ClC(Cl)Cl.O=C(O)CCCCCC(Br)CBr. The van der Waals surface area contributed by atoms with Gasteiger partial charge in [0.15, 0.2) is 4.30 Å². The average Bonchev–Trinajstić information content (AvgIpc) is 2.62. The van der Waals surface area contributed by atoms with Crippen molar-refractivity contribution in [1.29, 1.82) is 0 Å². The Morgan fingerprint density at radius 2 is 1.29 bits per heavy atom. The van der Waals surface area contributed by atoms with Crippen LogP contribution >= 0.6 is 94.9 Å². The molecule has 0 rings (SSSR count). The molecular formula is C17H29Br4Cl3O4. The van der Waals surface area contributed by atoms with Gasteiger partial charge < -0.3 is 10.2 Å². The lowest BCUT2D eigenvalue weighted by molar-refractivity contribution is -0.138. The third kappa shape index (κ3) is 56.4. The van der Waals surface area contributed by atoms with E-state index in [0.717, 1.165) is 56.7 Å². The molecule has 0 saturated heterocycles. The fourth-order valence-electron chi connectivity index (χ4n) is 1.64. The van der Waals surface area contributed by atoms with Gasteiger partial charge >= 0.3 is 11.9 Å². The summed E-state index contributed by atoms with van der Waals surface area (Å²) in [4.78, 5) is 20.7. The van der Waals surface area contributed by atoms with Gasteiger partial charge in [-0.25, -0.2) is 0 Å². The van der Waals surface area contributed by atoms with Gasteiger partial charge in [-0.1, -0.05) is 92.0 Å². The molecule has 0 aliphatic rings. The third-order valence-electron chi connectivity index (χ3n) is 2.87. The highest BCUT2D eigenvalue weighted by molar-refractivity contribution is 9.93. The molecule has 28 heavy (non-hydrogen) atoms. The minimum Gasteiger partial charge on any atom is -0.481 e. The fraction of sp³-hybridized carbons (Fsp3) is 0.765. The van der Waals surface area contributed by atoms with Crippen LogP contribution in [-0.2, 0) is 9.59 Å². The molecule has 11 heteroatoms. The van der Waals surface area contributed by atoms with Gasteiger partial charge in [0, 0.05) is 51.3 Å². The lowest BCUT2D eigenvalue weighted by atomic mass is 10.1. The van der Waals surface area contributed by atoms with E-state index in [1.54, 1.807) is 0 Å². The molecule has 0 saturated carbocycles. The summed E-state index contributed by atoms with van der Waals surface area (Å²) in [5, 5.41) is 17.6. The van der Waals surface area contributed by atoms with E-state index in [4.69, 9.17) is 45.0 Å². The van der Waals surface area contributed by atoms with Crippen molar-refractivity contribution in [3.05, 3.63) is 12.7 Å². The Labute approximate surface area is 216 Å². The second-order valence-corrected chi connectivity index (χ2v) is 9.20. The first kappa shape index (κ1) is 36.8. The maximum atomic E-state index is 10.1. The topological polar surface area (TPSA) is 74.6 Å². The standard InChI is InChI=1S/C8H14Br2O2.C8H14O2.CHCl3.Br2/c9-6-7(10)4-2-1-3-5-8(11)12;1-2-3-4-5-6-7-8(9)10;2-1(3)4;1-2/h7H,1-6H2,(H,11,12);2H,1,3-7H2,(H,9,10);1H;. The van der Waals surface area contributed by atoms with Crippen LogP contribution < -0.4 is 0 Å². The average molecular weight is 723 g/mol. The van der Waals surface area contributed by atoms with E-state index in [0.29, 0.717) is 17.7 Å². The van der Waals surface area contributed by atoms with E-state index in [2.05, 4.69) is 66.7 Å². The van der Waals surface area contributed by atoms with E-state index in [1.807, 2.05) is 6.08 Å². The number of allylic oxidation sites excluding steroid dienone is 1. The van der Waals surface area contributed by atoms with E-state index in [9.17, 15) is 9.59 Å². The summed E-state index contributed by atoms with van der Waals surface area (Å²) in [5.74, 6) is -1.38. The van der Waals surface area contributed by atoms with Crippen molar-refractivity contribution in [3.8, 4) is 0 Å². The second-order valence-electron chi connectivity index (χ2n) is 5.27. The largest absolute Gasteiger partial charge is 0.481 e. The molecule has 170 valence electrons. The number of hydrogen-bond acceptors (Lipinski definition) is 2. The summed E-state index contributed by atoms with van der Waals surface area (Å²) in [6, 6.07) is 0. The molecular weight excluding hydrogens is 694 g/mol. The van der Waals surface area contributed by atoms with Crippen LogP contribution in [0.3, 0.4) is 0 Å². The van der Waals surface area contributed by atoms with Crippen molar-refractivity contribution in [3.63, 3.8) is 0 Å². The van der Waals surface area contributed by atoms with Crippen molar-refractivity contribution in [1.82, 2.24) is 0 Å². The Kier molecular flexibility index (Phi) is 43.5. The van der Waals surface area contributed by atoms with Crippen LogP contribution in [0.1, 0.15) is 64.2 Å². The summed E-state index contributed by atoms with van der Waals surface area (Å²) in [7, 11) is 0. The molecule has 0 aromatic carbocycles. The summed E-state index contributed by atoms with van der Waals surface area (Å²) in [6.07, 6.45) is 10.4. The first-order valence-corrected chi connectivity index (χ1v) is 15.5. The quantitative estimate of drug-likeness (QED) is 0.113. The van der Waals surface area contributed by atoms with Gasteiger partial charge in [0.25, 0.3) is 0 Å². The maximum absolute atomic E-state index is 10.1. The minimum atomic E-state index is -0.750. The Balaban J connectivity index is -0.000000162. The lowest BCUT2D eigenvalue weighted by Crippen LogP contribution is -1.99. The zero-order valence-corrected chi connectivity index (χ0v) is 24.2. The van der Waals surface area contributed by atoms with E-state index < -0.39 is 16.2 Å². The third-order valence-corrected chi connectivity index (χ3v) is 5.31. The van der Waals surface area contributed by atoms with Crippen LogP contribution in [0.25, 0.3) is 0 Å². The lowest BCUT2D eigenvalue weighted by Gasteiger charge is -2.03.